The number of nitro groups is 1. The van der Waals surface area contributed by atoms with Crippen LogP contribution in [-0.4, -0.2) is 10.9 Å². The van der Waals surface area contributed by atoms with Crippen molar-refractivity contribution in [3.05, 3.63) is 73.7 Å². The molecule has 0 unspecified atom stereocenters. The zero-order valence-corrected chi connectivity index (χ0v) is 12.8. The predicted molar refractivity (Wildman–Crippen MR) is 81.1 cm³/mol. The van der Waals surface area contributed by atoms with Crippen LogP contribution in [0.15, 0.2) is 46.9 Å². The van der Waals surface area contributed by atoms with Crippen LogP contribution in [0.5, 0.6) is 0 Å². The van der Waals surface area contributed by atoms with Gasteiger partial charge >= 0.3 is 5.97 Å². The molecule has 5 nitrogen and oxygen atoms in total. The van der Waals surface area contributed by atoms with Crippen molar-refractivity contribution in [2.75, 3.05) is 0 Å². The van der Waals surface area contributed by atoms with Gasteiger partial charge in [-0.25, -0.2) is 4.79 Å². The number of esters is 1. The van der Waals surface area contributed by atoms with Crippen molar-refractivity contribution in [3.8, 4) is 0 Å². The topological polar surface area (TPSA) is 69.4 Å². The van der Waals surface area contributed by atoms with Gasteiger partial charge in [0.25, 0.3) is 5.69 Å². The summed E-state index contributed by atoms with van der Waals surface area (Å²) in [6.45, 7) is 1.65. The molecule has 2 rings (SSSR count). The van der Waals surface area contributed by atoms with Crippen LogP contribution >= 0.6 is 15.9 Å². The molecular formula is C15H12BrNO4. The zero-order chi connectivity index (χ0) is 15.4. The maximum absolute atomic E-state index is 12.0. The van der Waals surface area contributed by atoms with E-state index in [4.69, 9.17) is 4.74 Å². The number of hydrogen-bond donors (Lipinski definition) is 0. The van der Waals surface area contributed by atoms with E-state index in [2.05, 4.69) is 15.9 Å². The van der Waals surface area contributed by atoms with Crippen LogP contribution in [0.4, 0.5) is 5.69 Å². The Labute approximate surface area is 129 Å². The molecule has 0 spiro atoms. The fraction of sp³-hybridized carbons (Fsp3) is 0.133. The molecule has 6 heteroatoms. The molecule has 0 aliphatic carbocycles. The van der Waals surface area contributed by atoms with Crippen molar-refractivity contribution in [2.24, 2.45) is 0 Å². The quantitative estimate of drug-likeness (QED) is 0.474. The number of rotatable bonds is 4. The lowest BCUT2D eigenvalue weighted by Crippen LogP contribution is -2.08. The summed E-state index contributed by atoms with van der Waals surface area (Å²) in [5.74, 6) is -0.573. The standard InChI is InChI=1S/C15H12BrNO4/c1-10-13(6-3-7-14(10)17(19)20)15(18)21-9-11-4-2-5-12(16)8-11/h2-8H,9H2,1H3. The highest BCUT2D eigenvalue weighted by atomic mass is 79.9. The molecule has 21 heavy (non-hydrogen) atoms. The predicted octanol–water partition coefficient (Wildman–Crippen LogP) is 4.02. The van der Waals surface area contributed by atoms with Gasteiger partial charge in [-0.05, 0) is 30.7 Å². The molecule has 2 aromatic rings. The molecule has 0 heterocycles. The third kappa shape index (κ3) is 3.66. The zero-order valence-electron chi connectivity index (χ0n) is 11.2. The van der Waals surface area contributed by atoms with Gasteiger partial charge in [-0.1, -0.05) is 34.1 Å². The number of benzene rings is 2. The van der Waals surface area contributed by atoms with Crippen LogP contribution < -0.4 is 0 Å². The third-order valence-corrected chi connectivity index (χ3v) is 3.47. The number of nitrogens with zero attached hydrogens (tertiary/aromatic N) is 1. The molecule has 0 atom stereocenters. The summed E-state index contributed by atoms with van der Waals surface area (Å²) in [6, 6.07) is 11.7. The van der Waals surface area contributed by atoms with E-state index in [0.29, 0.717) is 5.56 Å². The number of nitro benzene ring substituents is 1. The molecule has 2 aromatic carbocycles. The van der Waals surface area contributed by atoms with E-state index in [1.165, 1.54) is 25.1 Å². The van der Waals surface area contributed by atoms with Crippen molar-refractivity contribution in [3.63, 3.8) is 0 Å². The summed E-state index contributed by atoms with van der Waals surface area (Å²) in [7, 11) is 0. The maximum atomic E-state index is 12.0. The Morgan fingerprint density at radius 3 is 2.67 bits per heavy atom. The van der Waals surface area contributed by atoms with Gasteiger partial charge in [-0.2, -0.15) is 0 Å². The number of carbonyl (C=O) groups excluding carboxylic acids is 1. The second kappa shape index (κ2) is 6.49. The largest absolute Gasteiger partial charge is 0.457 e. The van der Waals surface area contributed by atoms with Gasteiger partial charge in [-0.15, -0.1) is 0 Å². The summed E-state index contributed by atoms with van der Waals surface area (Å²) in [5, 5.41) is 10.9. The van der Waals surface area contributed by atoms with Crippen molar-refractivity contribution in [1.82, 2.24) is 0 Å². The van der Waals surface area contributed by atoms with E-state index in [1.54, 1.807) is 0 Å². The molecule has 0 saturated carbocycles. The average Bonchev–Trinajstić information content (AvgIpc) is 2.45. The van der Waals surface area contributed by atoms with Gasteiger partial charge in [0.2, 0.25) is 0 Å². The van der Waals surface area contributed by atoms with Crippen LogP contribution in [0, 0.1) is 17.0 Å². The summed E-state index contributed by atoms with van der Waals surface area (Å²) < 4.78 is 6.09. The second-order valence-corrected chi connectivity index (χ2v) is 5.33. The van der Waals surface area contributed by atoms with Gasteiger partial charge in [0, 0.05) is 16.1 Å². The molecule has 0 N–H and O–H groups in total. The fourth-order valence-electron chi connectivity index (χ4n) is 1.90. The van der Waals surface area contributed by atoms with Crippen LogP contribution in [0.1, 0.15) is 21.5 Å². The molecular weight excluding hydrogens is 338 g/mol. The van der Waals surface area contributed by atoms with Gasteiger partial charge in [0.05, 0.1) is 10.5 Å². The molecule has 0 saturated heterocycles. The van der Waals surface area contributed by atoms with Crippen LogP contribution in [0.3, 0.4) is 0 Å². The number of carbonyl (C=O) groups is 1. The monoisotopic (exact) mass is 349 g/mol. The van der Waals surface area contributed by atoms with Crippen molar-refractivity contribution in [2.45, 2.75) is 13.5 Å². The lowest BCUT2D eigenvalue weighted by Gasteiger charge is -2.07. The lowest BCUT2D eigenvalue weighted by molar-refractivity contribution is -0.385. The number of halogens is 1. The van der Waals surface area contributed by atoms with Crippen LogP contribution in [-0.2, 0) is 11.3 Å². The smallest absolute Gasteiger partial charge is 0.338 e. The first-order chi connectivity index (χ1) is 9.99. The maximum Gasteiger partial charge on any atom is 0.338 e. The molecule has 0 aliphatic heterocycles. The van der Waals surface area contributed by atoms with E-state index in [-0.39, 0.29) is 17.9 Å². The first-order valence-electron chi connectivity index (χ1n) is 6.14. The van der Waals surface area contributed by atoms with Gasteiger partial charge in [-0.3, -0.25) is 10.1 Å². The van der Waals surface area contributed by atoms with Crippen molar-refractivity contribution in [1.29, 1.82) is 0 Å². The molecule has 0 aromatic heterocycles. The minimum absolute atomic E-state index is 0.0908. The summed E-state index contributed by atoms with van der Waals surface area (Å²) >= 11 is 3.34. The minimum atomic E-state index is -0.573. The highest BCUT2D eigenvalue weighted by molar-refractivity contribution is 9.10. The van der Waals surface area contributed by atoms with E-state index >= 15 is 0 Å². The Morgan fingerprint density at radius 2 is 2.00 bits per heavy atom. The Bertz CT molecular complexity index is 700. The number of hydrogen-bond acceptors (Lipinski definition) is 4. The second-order valence-electron chi connectivity index (χ2n) is 4.41. The molecule has 108 valence electrons. The summed E-state index contributed by atoms with van der Waals surface area (Å²) in [4.78, 5) is 22.4. The normalized spacial score (nSPS) is 10.2. The number of ether oxygens (including phenoxy) is 1. The minimum Gasteiger partial charge on any atom is -0.457 e. The molecule has 0 bridgehead atoms. The van der Waals surface area contributed by atoms with Crippen LogP contribution in [0.25, 0.3) is 0 Å². The highest BCUT2D eigenvalue weighted by Gasteiger charge is 2.18. The van der Waals surface area contributed by atoms with Gasteiger partial charge < -0.3 is 4.74 Å². The lowest BCUT2D eigenvalue weighted by atomic mass is 10.1. The van der Waals surface area contributed by atoms with E-state index in [9.17, 15) is 14.9 Å². The first kappa shape index (κ1) is 15.2. The summed E-state index contributed by atoms with van der Waals surface area (Å²) in [6.07, 6.45) is 0. The van der Waals surface area contributed by atoms with Gasteiger partial charge in [0.15, 0.2) is 0 Å². The molecule has 0 fully saturated rings. The van der Waals surface area contributed by atoms with Crippen molar-refractivity contribution < 1.29 is 14.5 Å². The first-order valence-corrected chi connectivity index (χ1v) is 6.94. The summed E-state index contributed by atoms with van der Waals surface area (Å²) in [5.41, 5.74) is 1.26. The van der Waals surface area contributed by atoms with E-state index in [0.717, 1.165) is 10.0 Å². The Hall–Kier alpha value is -2.21. The highest BCUT2D eigenvalue weighted by Crippen LogP contribution is 2.22. The van der Waals surface area contributed by atoms with Crippen molar-refractivity contribution >= 4 is 27.6 Å². The van der Waals surface area contributed by atoms with Crippen LogP contribution in [0.2, 0.25) is 0 Å². The average molecular weight is 350 g/mol. The SMILES string of the molecule is Cc1c(C(=O)OCc2cccc(Br)c2)cccc1[N+](=O)[O-]. The Kier molecular flexibility index (Phi) is 4.70. The Morgan fingerprint density at radius 1 is 1.29 bits per heavy atom. The fourth-order valence-corrected chi connectivity index (χ4v) is 2.34. The molecule has 0 radical (unpaired) electrons. The van der Waals surface area contributed by atoms with E-state index < -0.39 is 10.9 Å². The third-order valence-electron chi connectivity index (χ3n) is 2.98. The molecule has 0 amide bonds. The van der Waals surface area contributed by atoms with E-state index in [1.807, 2.05) is 24.3 Å². The van der Waals surface area contributed by atoms with Gasteiger partial charge in [0.1, 0.15) is 6.61 Å². The Balaban J connectivity index is 2.14. The molecule has 0 aliphatic rings.